The lowest BCUT2D eigenvalue weighted by Gasteiger charge is -2.49. The van der Waals surface area contributed by atoms with Crippen molar-refractivity contribution in [2.75, 3.05) is 16.9 Å². The lowest BCUT2D eigenvalue weighted by Crippen LogP contribution is -2.48. The number of phenolic OH excluding ortho intramolecular Hbond substituents is 1. The minimum atomic E-state index is -1.41. The number of carbonyl (C=O) groups excluding carboxylic acids is 4. The summed E-state index contributed by atoms with van der Waals surface area (Å²) in [6.07, 6.45) is 2.02. The van der Waals surface area contributed by atoms with Crippen LogP contribution in [-0.4, -0.2) is 52.0 Å². The monoisotopic (exact) mass is 800 g/mol. The number of phenols is 2. The summed E-state index contributed by atoms with van der Waals surface area (Å²) in [5, 5.41) is 30.1. The van der Waals surface area contributed by atoms with Crippen LogP contribution in [0.5, 0.6) is 17.2 Å². The average molecular weight is 801 g/mol. The molecule has 11 nitrogen and oxygen atoms in total. The zero-order valence-electron chi connectivity index (χ0n) is 25.8. The Hall–Kier alpha value is -4.50. The molecular formula is C35H27ClFIN2O9. The Morgan fingerprint density at radius 3 is 2.33 bits per heavy atom. The predicted molar refractivity (Wildman–Crippen MR) is 181 cm³/mol. The molecule has 6 atom stereocenters. The van der Waals surface area contributed by atoms with E-state index in [9.17, 15) is 43.7 Å². The van der Waals surface area contributed by atoms with Crippen molar-refractivity contribution in [1.82, 2.24) is 0 Å². The van der Waals surface area contributed by atoms with E-state index < -0.39 is 81.7 Å². The van der Waals surface area contributed by atoms with Gasteiger partial charge in [-0.05, 0) is 96.3 Å². The first-order chi connectivity index (χ1) is 23.2. The molecule has 2 saturated heterocycles. The standard InChI is InChI=1S/C35H27ClFIN2O9/c1-35-21(31(44)40(34(35)48)15-4-8-23(37)22(36)11-15)13-20-17(28(35)14-9-24(38)29(42)26(10-14)49-2)6-7-19-27(20)32(45)39(30(19)43)16-3-5-18(33(46)47)25(41)12-16/h3-6,8-12,19-21,27-28,41-42H,7,13H2,1-2H3,(H,46,47)/t19-,20+,21-,27-,28-,35+/m0/s1. The first-order valence-electron chi connectivity index (χ1n) is 15.2. The van der Waals surface area contributed by atoms with Gasteiger partial charge in [0, 0.05) is 12.0 Å². The van der Waals surface area contributed by atoms with Crippen LogP contribution in [0.25, 0.3) is 0 Å². The van der Waals surface area contributed by atoms with E-state index in [1.807, 2.05) is 28.7 Å². The minimum absolute atomic E-state index is 0.00922. The van der Waals surface area contributed by atoms with Crippen molar-refractivity contribution in [1.29, 1.82) is 0 Å². The molecule has 4 amide bonds. The molecule has 0 radical (unpaired) electrons. The zero-order valence-corrected chi connectivity index (χ0v) is 28.7. The van der Waals surface area contributed by atoms with E-state index in [2.05, 4.69) is 0 Å². The first kappa shape index (κ1) is 33.0. The van der Waals surface area contributed by atoms with Crippen LogP contribution in [0.15, 0.2) is 60.2 Å². The second kappa shape index (κ2) is 11.5. The number of methoxy groups -OCH3 is 1. The highest BCUT2D eigenvalue weighted by atomic mass is 127. The Morgan fingerprint density at radius 2 is 1.67 bits per heavy atom. The maximum absolute atomic E-state index is 14.6. The third-order valence-electron chi connectivity index (χ3n) is 10.5. The number of carbonyl (C=O) groups is 5. The van der Waals surface area contributed by atoms with Gasteiger partial charge < -0.3 is 20.1 Å². The number of allylic oxidation sites excluding steroid dienone is 2. The average Bonchev–Trinajstić information content (AvgIpc) is 3.42. The van der Waals surface area contributed by atoms with Crippen LogP contribution in [0.1, 0.15) is 41.6 Å². The molecule has 4 aliphatic rings. The van der Waals surface area contributed by atoms with Crippen LogP contribution in [-0.2, 0) is 19.2 Å². The van der Waals surface area contributed by atoms with E-state index in [0.717, 1.165) is 28.0 Å². The molecule has 0 bridgehead atoms. The maximum atomic E-state index is 14.6. The molecule has 14 heteroatoms. The summed E-state index contributed by atoms with van der Waals surface area (Å²) in [6.45, 7) is 1.68. The van der Waals surface area contributed by atoms with Gasteiger partial charge in [-0.2, -0.15) is 0 Å². The Kier molecular flexibility index (Phi) is 7.78. The quantitative estimate of drug-likeness (QED) is 0.169. The third-order valence-corrected chi connectivity index (χ3v) is 11.6. The molecule has 1 saturated carbocycles. The van der Waals surface area contributed by atoms with Gasteiger partial charge in [-0.15, -0.1) is 0 Å². The van der Waals surface area contributed by atoms with Crippen LogP contribution in [0, 0.1) is 38.5 Å². The van der Waals surface area contributed by atoms with Gasteiger partial charge in [-0.3, -0.25) is 19.2 Å². The molecule has 0 unspecified atom stereocenters. The summed E-state index contributed by atoms with van der Waals surface area (Å²) in [7, 11) is 1.38. The highest BCUT2D eigenvalue weighted by Crippen LogP contribution is 2.64. The first-order valence-corrected chi connectivity index (χ1v) is 16.7. The van der Waals surface area contributed by atoms with E-state index in [4.69, 9.17) is 16.3 Å². The Labute approximate surface area is 297 Å². The van der Waals surface area contributed by atoms with E-state index in [-0.39, 0.29) is 40.7 Å². The Morgan fingerprint density at radius 1 is 0.980 bits per heavy atom. The van der Waals surface area contributed by atoms with Crippen molar-refractivity contribution in [2.45, 2.75) is 25.7 Å². The molecule has 0 spiro atoms. The van der Waals surface area contributed by atoms with Gasteiger partial charge >= 0.3 is 5.97 Å². The summed E-state index contributed by atoms with van der Waals surface area (Å²) in [5.74, 6) is -9.14. The summed E-state index contributed by atoms with van der Waals surface area (Å²) in [5.41, 5.74) is -0.489. The number of hydrogen-bond donors (Lipinski definition) is 3. The lowest BCUT2D eigenvalue weighted by molar-refractivity contribution is -0.131. The summed E-state index contributed by atoms with van der Waals surface area (Å²) in [4.78, 5) is 70.4. The molecule has 2 aliphatic heterocycles. The van der Waals surface area contributed by atoms with E-state index in [1.165, 1.54) is 25.3 Å². The van der Waals surface area contributed by atoms with Crippen molar-refractivity contribution in [3.05, 3.63) is 85.7 Å². The van der Waals surface area contributed by atoms with Crippen molar-refractivity contribution in [3.8, 4) is 17.2 Å². The number of aromatic carboxylic acids is 1. The van der Waals surface area contributed by atoms with Crippen LogP contribution in [0.2, 0.25) is 5.02 Å². The van der Waals surface area contributed by atoms with E-state index >= 15 is 0 Å². The van der Waals surface area contributed by atoms with Gasteiger partial charge in [0.1, 0.15) is 17.1 Å². The van der Waals surface area contributed by atoms with Gasteiger partial charge in [0.15, 0.2) is 11.5 Å². The molecule has 3 aromatic carbocycles. The normalized spacial score (nSPS) is 27.5. The number of imide groups is 2. The van der Waals surface area contributed by atoms with Gasteiger partial charge in [-0.1, -0.05) is 23.3 Å². The number of carboxylic acids is 1. The molecule has 252 valence electrons. The summed E-state index contributed by atoms with van der Waals surface area (Å²) >= 11 is 8.00. The van der Waals surface area contributed by atoms with Gasteiger partial charge in [0.2, 0.25) is 23.6 Å². The number of anilines is 2. The molecule has 7 rings (SSSR count). The van der Waals surface area contributed by atoms with Crippen molar-refractivity contribution >= 4 is 75.2 Å². The number of hydrogen-bond acceptors (Lipinski definition) is 8. The number of ether oxygens (including phenoxy) is 1. The zero-order chi connectivity index (χ0) is 35.3. The number of benzene rings is 3. The molecule has 2 aliphatic carbocycles. The van der Waals surface area contributed by atoms with E-state index in [1.54, 1.807) is 19.1 Å². The smallest absolute Gasteiger partial charge is 0.339 e. The molecule has 3 fully saturated rings. The number of rotatable bonds is 5. The topological polar surface area (TPSA) is 162 Å². The molecular weight excluding hydrogens is 774 g/mol. The molecule has 3 aromatic rings. The number of fused-ring (bicyclic) bond motifs is 4. The molecule has 2 heterocycles. The molecule has 0 aromatic heterocycles. The number of amides is 4. The van der Waals surface area contributed by atoms with Crippen molar-refractivity contribution in [3.63, 3.8) is 0 Å². The van der Waals surface area contributed by atoms with Crippen LogP contribution in [0.4, 0.5) is 15.8 Å². The predicted octanol–water partition coefficient (Wildman–Crippen LogP) is 5.64. The fourth-order valence-electron chi connectivity index (χ4n) is 8.28. The second-order valence-corrected chi connectivity index (χ2v) is 14.4. The largest absolute Gasteiger partial charge is 0.507 e. The Balaban J connectivity index is 1.37. The van der Waals surface area contributed by atoms with Gasteiger partial charge in [0.25, 0.3) is 0 Å². The number of nitrogens with zero attached hydrogens (tertiary/aromatic N) is 2. The van der Waals surface area contributed by atoms with Crippen LogP contribution in [0.3, 0.4) is 0 Å². The highest BCUT2D eigenvalue weighted by molar-refractivity contribution is 14.1. The van der Waals surface area contributed by atoms with Gasteiger partial charge in [0.05, 0.1) is 50.2 Å². The van der Waals surface area contributed by atoms with Crippen molar-refractivity contribution < 1.29 is 48.4 Å². The second-order valence-electron chi connectivity index (χ2n) is 12.8. The third kappa shape index (κ3) is 4.68. The number of halogens is 3. The summed E-state index contributed by atoms with van der Waals surface area (Å²) < 4.78 is 20.0. The number of aromatic hydroxyl groups is 2. The van der Waals surface area contributed by atoms with Crippen molar-refractivity contribution in [2.24, 2.45) is 29.1 Å². The fraction of sp³-hybridized carbons (Fsp3) is 0.286. The number of carboxylic acid groups (broad SMARTS) is 1. The lowest BCUT2D eigenvalue weighted by atomic mass is 9.51. The van der Waals surface area contributed by atoms with Crippen LogP contribution >= 0.6 is 34.2 Å². The minimum Gasteiger partial charge on any atom is -0.507 e. The highest BCUT2D eigenvalue weighted by Gasteiger charge is 2.67. The van der Waals surface area contributed by atoms with Gasteiger partial charge in [-0.25, -0.2) is 19.0 Å². The van der Waals surface area contributed by atoms with E-state index in [0.29, 0.717) is 14.7 Å². The molecule has 3 N–H and O–H groups in total. The Bertz CT molecular complexity index is 2070. The summed E-state index contributed by atoms with van der Waals surface area (Å²) in [6, 6.07) is 10.3. The maximum Gasteiger partial charge on any atom is 0.339 e. The fourth-order valence-corrected chi connectivity index (χ4v) is 9.08. The SMILES string of the molecule is COc1cc([C@H]2C3=CC[C@@H]4C(=O)N(c5ccc(C(=O)O)c(O)c5)C(=O)[C@@H]4[C@@H]3C[C@H]3C(=O)N(c4ccc(F)c(Cl)c4)C(=O)[C@@]23C)cc(I)c1O. The van der Waals surface area contributed by atoms with Crippen LogP contribution < -0.4 is 14.5 Å². The molecule has 49 heavy (non-hydrogen) atoms.